The van der Waals surface area contributed by atoms with Gasteiger partial charge in [-0.1, -0.05) is 90.0 Å². The Morgan fingerprint density at radius 3 is 2.02 bits per heavy atom. The molecule has 2 heterocycles. The van der Waals surface area contributed by atoms with Crippen LogP contribution < -0.4 is 4.74 Å². The van der Waals surface area contributed by atoms with Crippen LogP contribution in [-0.2, 0) is 11.3 Å². The molecule has 0 atom stereocenters. The Bertz CT molecular complexity index is 1370. The first-order chi connectivity index (χ1) is 21.3. The first-order valence-electron chi connectivity index (χ1n) is 15.6. The second kappa shape index (κ2) is 20.6. The number of ether oxygens (including phenoxy) is 2. The molecule has 0 saturated heterocycles. The maximum absolute atomic E-state index is 12.6. The number of nitrogens with zero attached hydrogens (tertiary/aromatic N) is 3. The highest BCUT2D eigenvalue weighted by Gasteiger charge is 2.23. The summed E-state index contributed by atoms with van der Waals surface area (Å²) in [6.45, 7) is 26.4. The van der Waals surface area contributed by atoms with E-state index in [4.69, 9.17) is 21.1 Å². The van der Waals surface area contributed by atoms with Crippen LogP contribution in [0.2, 0.25) is 5.28 Å². The van der Waals surface area contributed by atoms with Crippen molar-refractivity contribution in [3.05, 3.63) is 83.4 Å². The molecule has 0 radical (unpaired) electrons. The van der Waals surface area contributed by atoms with Crippen molar-refractivity contribution in [1.82, 2.24) is 14.5 Å². The highest BCUT2D eigenvalue weighted by molar-refractivity contribution is 6.28. The van der Waals surface area contributed by atoms with Crippen LogP contribution in [0, 0.1) is 5.92 Å². The lowest BCUT2D eigenvalue weighted by Gasteiger charge is -2.20. The van der Waals surface area contributed by atoms with Gasteiger partial charge in [0.2, 0.25) is 11.2 Å². The van der Waals surface area contributed by atoms with Crippen molar-refractivity contribution in [2.45, 2.75) is 114 Å². The van der Waals surface area contributed by atoms with Gasteiger partial charge in [-0.25, -0.2) is 18.6 Å². The van der Waals surface area contributed by atoms with Crippen LogP contribution in [0.1, 0.15) is 107 Å². The number of hydrogen-bond acceptors (Lipinski definition) is 5. The van der Waals surface area contributed by atoms with Crippen LogP contribution in [0.5, 0.6) is 5.88 Å². The van der Waals surface area contributed by atoms with Gasteiger partial charge in [-0.3, -0.25) is 4.57 Å². The zero-order valence-corrected chi connectivity index (χ0v) is 30.6. The molecule has 46 heavy (non-hydrogen) atoms. The minimum atomic E-state index is -2.63. The van der Waals surface area contributed by atoms with E-state index in [1.165, 1.54) is 36.6 Å². The zero-order valence-electron chi connectivity index (χ0n) is 29.8. The summed E-state index contributed by atoms with van der Waals surface area (Å²) in [6.07, 6.45) is 6.63. The van der Waals surface area contributed by atoms with Gasteiger partial charge in [0, 0.05) is 19.3 Å². The fourth-order valence-electron chi connectivity index (χ4n) is 2.99. The SMILES string of the molecule is C/C=C(\C)C(C)(F)F.C=C(C)c1ccc(COc2nc(Cl)ncc2-c2cccn2C(=O)OC(C)(C)C)cc1.CCC.CCC(C)C. The molecule has 0 amide bonds. The Labute approximate surface area is 280 Å². The number of hydrogen-bond donors (Lipinski definition) is 0. The molecule has 9 heteroatoms. The molecule has 0 spiro atoms. The van der Waals surface area contributed by atoms with E-state index in [2.05, 4.69) is 51.2 Å². The Morgan fingerprint density at radius 2 is 1.61 bits per heavy atom. The molecule has 0 aliphatic carbocycles. The molecule has 0 unspecified atom stereocenters. The second-order valence-electron chi connectivity index (χ2n) is 12.2. The van der Waals surface area contributed by atoms with E-state index in [0.29, 0.717) is 11.3 Å². The molecule has 256 valence electrons. The number of carbonyl (C=O) groups is 1. The summed E-state index contributed by atoms with van der Waals surface area (Å²) in [5.74, 6) is -1.47. The van der Waals surface area contributed by atoms with Crippen molar-refractivity contribution in [2.75, 3.05) is 0 Å². The average molecular weight is 662 g/mol. The predicted octanol–water partition coefficient (Wildman–Crippen LogP) is 12.1. The highest BCUT2D eigenvalue weighted by atomic mass is 35.5. The third-order valence-electron chi connectivity index (χ3n) is 6.10. The van der Waals surface area contributed by atoms with Crippen LogP contribution >= 0.6 is 11.6 Å². The maximum atomic E-state index is 12.6. The summed E-state index contributed by atoms with van der Waals surface area (Å²) in [4.78, 5) is 20.9. The molecule has 0 N–H and O–H groups in total. The van der Waals surface area contributed by atoms with Crippen LogP contribution in [0.4, 0.5) is 13.6 Å². The van der Waals surface area contributed by atoms with Crippen LogP contribution in [0.25, 0.3) is 16.8 Å². The maximum Gasteiger partial charge on any atom is 0.418 e. The Morgan fingerprint density at radius 1 is 1.07 bits per heavy atom. The van der Waals surface area contributed by atoms with E-state index in [9.17, 15) is 13.6 Å². The van der Waals surface area contributed by atoms with Gasteiger partial charge in [-0.2, -0.15) is 4.98 Å². The van der Waals surface area contributed by atoms with Gasteiger partial charge in [-0.15, -0.1) is 0 Å². The van der Waals surface area contributed by atoms with Crippen molar-refractivity contribution in [1.29, 1.82) is 0 Å². The summed E-state index contributed by atoms with van der Waals surface area (Å²) in [5, 5.41) is 0.0572. The Kier molecular flexibility index (Phi) is 19.0. The van der Waals surface area contributed by atoms with E-state index >= 15 is 0 Å². The minimum absolute atomic E-state index is 0.0572. The Hall–Kier alpha value is -3.52. The number of alkyl halides is 2. The first kappa shape index (κ1) is 42.5. The van der Waals surface area contributed by atoms with E-state index in [0.717, 1.165) is 29.5 Å². The molecule has 3 rings (SSSR count). The Balaban J connectivity index is 0.00000105. The molecule has 6 nitrogen and oxygen atoms in total. The topological polar surface area (TPSA) is 66.2 Å². The lowest BCUT2D eigenvalue weighted by molar-refractivity contribution is 0.0539. The van der Waals surface area contributed by atoms with Crippen LogP contribution in [0.15, 0.2) is 67.0 Å². The van der Waals surface area contributed by atoms with Gasteiger partial charge < -0.3 is 9.47 Å². The normalized spacial score (nSPS) is 11.3. The van der Waals surface area contributed by atoms with Gasteiger partial charge in [0.1, 0.15) is 12.2 Å². The van der Waals surface area contributed by atoms with Crippen molar-refractivity contribution in [3.8, 4) is 17.1 Å². The number of rotatable bonds is 7. The largest absolute Gasteiger partial charge is 0.472 e. The fourth-order valence-corrected chi connectivity index (χ4v) is 3.12. The zero-order chi connectivity index (χ0) is 35.7. The fraction of sp³-hybridized carbons (Fsp3) is 0.486. The first-order valence-corrected chi connectivity index (χ1v) is 16.0. The number of halogens is 3. The van der Waals surface area contributed by atoms with Crippen molar-refractivity contribution >= 4 is 23.3 Å². The lowest BCUT2D eigenvalue weighted by Crippen LogP contribution is -2.27. The number of benzene rings is 1. The van der Waals surface area contributed by atoms with Gasteiger partial charge in [0.05, 0.1) is 11.3 Å². The molecule has 1 aromatic carbocycles. The summed E-state index contributed by atoms with van der Waals surface area (Å²) in [7, 11) is 0. The molecule has 0 saturated carbocycles. The third kappa shape index (κ3) is 16.7. The van der Waals surface area contributed by atoms with Crippen molar-refractivity contribution in [3.63, 3.8) is 0 Å². The number of allylic oxidation sites excluding steroid dienone is 3. The van der Waals surface area contributed by atoms with Crippen LogP contribution in [-0.4, -0.2) is 32.2 Å². The smallest absolute Gasteiger partial charge is 0.418 e. The summed E-state index contributed by atoms with van der Waals surface area (Å²) in [5.41, 5.74) is 3.61. The third-order valence-corrected chi connectivity index (χ3v) is 6.29. The molecule has 0 aliphatic heterocycles. The standard InChI is InChI=1S/C23H24ClN3O3.C6H10F2.C5H12.C3H8/c1-15(2)17-10-8-16(9-11-17)14-29-20-18(13-25-21(24)26-20)19-7-6-12-27(19)22(28)30-23(3,4)5;1-4-5(2)6(3,7)8;1-4-5(2)3;1-3-2/h6-13H,1,14H2,2-5H3;4H,1-3H3;5H,4H2,1-3H3;3H2,1-2H3/b;5-4+;;. The average Bonchev–Trinajstić information content (AvgIpc) is 3.45. The quantitative estimate of drug-likeness (QED) is 0.186. The van der Waals surface area contributed by atoms with Crippen molar-refractivity contribution < 1.29 is 23.0 Å². The van der Waals surface area contributed by atoms with Crippen LogP contribution in [0.3, 0.4) is 0 Å². The van der Waals surface area contributed by atoms with E-state index < -0.39 is 17.6 Å². The summed E-state index contributed by atoms with van der Waals surface area (Å²) in [6, 6.07) is 11.4. The lowest BCUT2D eigenvalue weighted by atomic mass is 10.1. The van der Waals surface area contributed by atoms with E-state index in [1.807, 2.05) is 52.0 Å². The van der Waals surface area contributed by atoms with E-state index in [-0.39, 0.29) is 23.3 Å². The predicted molar refractivity (Wildman–Crippen MR) is 189 cm³/mol. The van der Waals surface area contributed by atoms with Gasteiger partial charge in [0.15, 0.2) is 0 Å². The number of aromatic nitrogens is 3. The highest BCUT2D eigenvalue weighted by Crippen LogP contribution is 2.30. The molecular weight excluding hydrogens is 608 g/mol. The molecule has 0 aliphatic rings. The molecule has 0 bridgehead atoms. The minimum Gasteiger partial charge on any atom is -0.472 e. The van der Waals surface area contributed by atoms with E-state index in [1.54, 1.807) is 25.3 Å². The molecular formula is C37H54ClF2N3O3. The molecule has 2 aromatic heterocycles. The molecule has 0 fully saturated rings. The van der Waals surface area contributed by atoms with Gasteiger partial charge in [0.25, 0.3) is 5.92 Å². The van der Waals surface area contributed by atoms with Gasteiger partial charge in [-0.05, 0) is 87.9 Å². The van der Waals surface area contributed by atoms with Crippen molar-refractivity contribution in [2.24, 2.45) is 5.92 Å². The summed E-state index contributed by atoms with van der Waals surface area (Å²) >= 11 is 5.99. The van der Waals surface area contributed by atoms with Gasteiger partial charge >= 0.3 is 6.09 Å². The monoisotopic (exact) mass is 661 g/mol. The second-order valence-corrected chi connectivity index (χ2v) is 12.6. The number of carbonyl (C=O) groups excluding carboxylic acids is 1. The molecule has 3 aromatic rings. The summed E-state index contributed by atoms with van der Waals surface area (Å²) < 4.78 is 36.9.